The number of carbonyl (C=O) groups is 2. The Hall–Kier alpha value is -1.20. The summed E-state index contributed by atoms with van der Waals surface area (Å²) in [5.41, 5.74) is 0. The monoisotopic (exact) mass is 313 g/mol. The molecule has 1 aromatic rings. The average molecular weight is 314 g/mol. The lowest BCUT2D eigenvalue weighted by atomic mass is 10.0. The minimum absolute atomic E-state index is 0.114. The third kappa shape index (κ3) is 3.90. The third-order valence-electron chi connectivity index (χ3n) is 3.28. The molecule has 1 amide bonds. The molecular weight excluding hydrogens is 298 g/mol. The second kappa shape index (κ2) is 6.99. The number of likely N-dealkylation sites (tertiary alicyclic amines) is 1. The zero-order valence-electron chi connectivity index (χ0n) is 10.9. The maximum atomic E-state index is 12.2. The Kier molecular flexibility index (Phi) is 5.31. The highest BCUT2D eigenvalue weighted by Gasteiger charge is 2.31. The van der Waals surface area contributed by atoms with Crippen molar-refractivity contribution in [2.24, 2.45) is 0 Å². The number of amides is 1. The molecule has 1 aliphatic rings. The van der Waals surface area contributed by atoms with Crippen molar-refractivity contribution in [3.05, 3.63) is 29.3 Å². The van der Waals surface area contributed by atoms with E-state index >= 15 is 0 Å². The zero-order valence-corrected chi connectivity index (χ0v) is 12.5. The first kappa shape index (κ1) is 15.2. The lowest BCUT2D eigenvalue weighted by Crippen LogP contribution is -2.48. The molecule has 1 heterocycles. The van der Waals surface area contributed by atoms with Crippen LogP contribution in [0.1, 0.15) is 19.3 Å². The fraction of sp³-hybridized carbons (Fsp3) is 0.429. The summed E-state index contributed by atoms with van der Waals surface area (Å²) < 4.78 is 0. The molecule has 0 aliphatic carbocycles. The Morgan fingerprint density at radius 1 is 1.30 bits per heavy atom. The van der Waals surface area contributed by atoms with Crippen LogP contribution >= 0.6 is 23.4 Å². The van der Waals surface area contributed by atoms with Gasteiger partial charge in [-0.3, -0.25) is 4.79 Å². The van der Waals surface area contributed by atoms with Crippen LogP contribution in [0.25, 0.3) is 0 Å². The van der Waals surface area contributed by atoms with Crippen LogP contribution < -0.4 is 0 Å². The van der Waals surface area contributed by atoms with Gasteiger partial charge >= 0.3 is 5.97 Å². The number of halogens is 1. The molecule has 2 rings (SSSR count). The summed E-state index contributed by atoms with van der Waals surface area (Å²) in [4.78, 5) is 25.8. The van der Waals surface area contributed by atoms with E-state index in [2.05, 4.69) is 0 Å². The zero-order chi connectivity index (χ0) is 14.5. The molecule has 20 heavy (non-hydrogen) atoms. The van der Waals surface area contributed by atoms with Crippen molar-refractivity contribution < 1.29 is 14.7 Å². The molecule has 6 heteroatoms. The molecule has 1 unspecified atom stereocenters. The normalized spacial score (nSPS) is 18.9. The minimum Gasteiger partial charge on any atom is -0.480 e. The van der Waals surface area contributed by atoms with Gasteiger partial charge < -0.3 is 10.0 Å². The van der Waals surface area contributed by atoms with Crippen molar-refractivity contribution in [3.8, 4) is 0 Å². The number of aliphatic carboxylic acids is 1. The average Bonchev–Trinajstić information content (AvgIpc) is 2.46. The van der Waals surface area contributed by atoms with E-state index in [9.17, 15) is 9.59 Å². The van der Waals surface area contributed by atoms with Gasteiger partial charge in [-0.15, -0.1) is 11.8 Å². The van der Waals surface area contributed by atoms with Crippen molar-refractivity contribution in [1.82, 2.24) is 4.90 Å². The second-order valence-electron chi connectivity index (χ2n) is 4.68. The number of rotatable bonds is 4. The lowest BCUT2D eigenvalue weighted by molar-refractivity contribution is -0.150. The summed E-state index contributed by atoms with van der Waals surface area (Å²) in [6.45, 7) is 0.539. The number of carbonyl (C=O) groups excluding carboxylic acids is 1. The standard InChI is InChI=1S/C14H16ClNO3S/c15-10-4-6-11(7-5-10)20-9-13(17)16-8-2-1-3-12(16)14(18)19/h4-7,12H,1-3,8-9H2,(H,18,19). The van der Waals surface area contributed by atoms with Crippen molar-refractivity contribution >= 4 is 35.2 Å². The summed E-state index contributed by atoms with van der Waals surface area (Å²) in [7, 11) is 0. The van der Waals surface area contributed by atoms with Gasteiger partial charge in [0.2, 0.25) is 5.91 Å². The molecule has 1 atom stereocenters. The summed E-state index contributed by atoms with van der Waals surface area (Å²) in [6.07, 6.45) is 2.29. The highest BCUT2D eigenvalue weighted by molar-refractivity contribution is 8.00. The topological polar surface area (TPSA) is 57.6 Å². The van der Waals surface area contributed by atoms with Gasteiger partial charge in [0.05, 0.1) is 5.75 Å². The largest absolute Gasteiger partial charge is 0.480 e. The van der Waals surface area contributed by atoms with Gasteiger partial charge in [0.25, 0.3) is 0 Å². The minimum atomic E-state index is -0.908. The van der Waals surface area contributed by atoms with Crippen molar-refractivity contribution in [2.75, 3.05) is 12.3 Å². The molecule has 108 valence electrons. The van der Waals surface area contributed by atoms with Crippen molar-refractivity contribution in [3.63, 3.8) is 0 Å². The van der Waals surface area contributed by atoms with Crippen molar-refractivity contribution in [1.29, 1.82) is 0 Å². The molecule has 0 radical (unpaired) electrons. The van der Waals surface area contributed by atoms with Crippen LogP contribution in [0.15, 0.2) is 29.2 Å². The molecule has 1 aromatic carbocycles. The van der Waals surface area contributed by atoms with Gasteiger partial charge in [-0.05, 0) is 43.5 Å². The van der Waals surface area contributed by atoms with Crippen LogP contribution in [0, 0.1) is 0 Å². The number of benzene rings is 1. The van der Waals surface area contributed by atoms with Crippen molar-refractivity contribution in [2.45, 2.75) is 30.2 Å². The number of carboxylic acid groups (broad SMARTS) is 1. The number of hydrogen-bond acceptors (Lipinski definition) is 3. The second-order valence-corrected chi connectivity index (χ2v) is 6.16. The first-order valence-electron chi connectivity index (χ1n) is 6.48. The highest BCUT2D eigenvalue weighted by atomic mass is 35.5. The van der Waals surface area contributed by atoms with Gasteiger partial charge in [-0.2, -0.15) is 0 Å². The van der Waals surface area contributed by atoms with E-state index in [0.717, 1.165) is 17.7 Å². The van der Waals surface area contributed by atoms with Crippen LogP contribution in [-0.4, -0.2) is 40.2 Å². The SMILES string of the molecule is O=C(O)C1CCCCN1C(=O)CSc1ccc(Cl)cc1. The number of nitrogens with zero attached hydrogens (tertiary/aromatic N) is 1. The van der Waals surface area contributed by atoms with Gasteiger partial charge in [-0.25, -0.2) is 4.79 Å². The Labute approximate surface area is 127 Å². The van der Waals surface area contributed by atoms with Crippen LogP contribution in [0.5, 0.6) is 0 Å². The first-order valence-corrected chi connectivity index (χ1v) is 7.85. The molecule has 0 aromatic heterocycles. The van der Waals surface area contributed by atoms with Crippen LogP contribution in [0.2, 0.25) is 5.02 Å². The number of piperidine rings is 1. The van der Waals surface area contributed by atoms with E-state index in [1.165, 1.54) is 16.7 Å². The van der Waals surface area contributed by atoms with E-state index in [1.807, 2.05) is 12.1 Å². The molecule has 1 saturated heterocycles. The van der Waals surface area contributed by atoms with Gasteiger partial charge in [0.1, 0.15) is 6.04 Å². The summed E-state index contributed by atoms with van der Waals surface area (Å²) >= 11 is 7.20. The maximum Gasteiger partial charge on any atom is 0.326 e. The molecule has 0 bridgehead atoms. The molecule has 0 spiro atoms. The number of hydrogen-bond donors (Lipinski definition) is 1. The van der Waals surface area contributed by atoms with E-state index in [1.54, 1.807) is 12.1 Å². The highest BCUT2D eigenvalue weighted by Crippen LogP contribution is 2.23. The third-order valence-corrected chi connectivity index (χ3v) is 4.53. The quantitative estimate of drug-likeness (QED) is 0.868. The van der Waals surface area contributed by atoms with Gasteiger partial charge in [0.15, 0.2) is 0 Å². The number of thioether (sulfide) groups is 1. The van der Waals surface area contributed by atoms with Crippen LogP contribution in [0.3, 0.4) is 0 Å². The Bertz CT molecular complexity index is 492. The maximum absolute atomic E-state index is 12.2. The van der Waals surface area contributed by atoms with E-state index < -0.39 is 12.0 Å². The molecule has 1 N–H and O–H groups in total. The van der Waals surface area contributed by atoms with Crippen LogP contribution in [0.4, 0.5) is 0 Å². The Morgan fingerprint density at radius 3 is 2.65 bits per heavy atom. The number of carboxylic acids is 1. The van der Waals surface area contributed by atoms with E-state index in [-0.39, 0.29) is 11.7 Å². The van der Waals surface area contributed by atoms with E-state index in [4.69, 9.17) is 16.7 Å². The predicted molar refractivity (Wildman–Crippen MR) is 79.2 cm³/mol. The van der Waals surface area contributed by atoms with Crippen LogP contribution in [-0.2, 0) is 9.59 Å². The molecule has 0 saturated carbocycles. The Balaban J connectivity index is 1.93. The molecule has 1 aliphatic heterocycles. The fourth-order valence-corrected chi connectivity index (χ4v) is 3.16. The molecule has 4 nitrogen and oxygen atoms in total. The summed E-state index contributed by atoms with van der Waals surface area (Å²) in [5.74, 6) is -0.766. The fourth-order valence-electron chi connectivity index (χ4n) is 2.25. The molecular formula is C14H16ClNO3S. The summed E-state index contributed by atoms with van der Waals surface area (Å²) in [6, 6.07) is 6.59. The predicted octanol–water partition coefficient (Wildman–Crippen LogP) is 2.90. The molecule has 1 fully saturated rings. The van der Waals surface area contributed by atoms with E-state index in [0.29, 0.717) is 18.0 Å². The lowest BCUT2D eigenvalue weighted by Gasteiger charge is -2.32. The Morgan fingerprint density at radius 2 is 2.00 bits per heavy atom. The smallest absolute Gasteiger partial charge is 0.326 e. The van der Waals surface area contributed by atoms with Gasteiger partial charge in [0, 0.05) is 16.5 Å². The summed E-state index contributed by atoms with van der Waals surface area (Å²) in [5, 5.41) is 9.81. The first-order chi connectivity index (χ1) is 9.58. The van der Waals surface area contributed by atoms with Gasteiger partial charge in [-0.1, -0.05) is 11.6 Å².